The largest absolute Gasteiger partial charge is 0.508 e. The maximum atomic E-state index is 9.58. The molecule has 0 bridgehead atoms. The predicted molar refractivity (Wildman–Crippen MR) is 125 cm³/mol. The average molecular weight is 430 g/mol. The predicted octanol–water partition coefficient (Wildman–Crippen LogP) is 4.27. The number of phenols is 1. The van der Waals surface area contributed by atoms with Crippen LogP contribution in [-0.2, 0) is 12.8 Å². The Kier molecular flexibility index (Phi) is 4.49. The van der Waals surface area contributed by atoms with Crippen molar-refractivity contribution < 1.29 is 5.11 Å². The van der Waals surface area contributed by atoms with Crippen LogP contribution in [-0.4, -0.2) is 46.2 Å². The van der Waals surface area contributed by atoms with Crippen LogP contribution < -0.4 is 9.80 Å². The number of benzene rings is 1. The van der Waals surface area contributed by atoms with Gasteiger partial charge in [-0.25, -0.2) is 9.97 Å². The first-order valence-corrected chi connectivity index (χ1v) is 11.6. The number of nitrogens with zero attached hydrogens (tertiary/aromatic N) is 5. The van der Waals surface area contributed by atoms with Crippen molar-refractivity contribution in [3.63, 3.8) is 0 Å². The molecular formula is C24H23N5OS. The lowest BCUT2D eigenvalue weighted by Gasteiger charge is -2.37. The quantitative estimate of drug-likeness (QED) is 0.525. The van der Waals surface area contributed by atoms with Crippen LogP contribution in [0.5, 0.6) is 5.75 Å². The second-order valence-corrected chi connectivity index (χ2v) is 9.22. The number of rotatable bonds is 3. The van der Waals surface area contributed by atoms with Gasteiger partial charge in [0.25, 0.3) is 0 Å². The molecule has 4 aromatic rings. The number of anilines is 2. The van der Waals surface area contributed by atoms with Gasteiger partial charge >= 0.3 is 0 Å². The molecule has 1 saturated heterocycles. The SMILES string of the molecule is Oc1ccc(N2CCN(c3nc(-c4cccnc4)nc4sc5c(c34)CCC5)CC2)cc1. The molecule has 0 saturated carbocycles. The highest BCUT2D eigenvalue weighted by atomic mass is 32.1. The zero-order valence-corrected chi connectivity index (χ0v) is 18.0. The van der Waals surface area contributed by atoms with Gasteiger partial charge in [0.1, 0.15) is 16.4 Å². The number of aromatic nitrogens is 3. The summed E-state index contributed by atoms with van der Waals surface area (Å²) in [6.45, 7) is 3.66. The Morgan fingerprint density at radius 2 is 1.71 bits per heavy atom. The van der Waals surface area contributed by atoms with Crippen molar-refractivity contribution in [1.29, 1.82) is 0 Å². The van der Waals surface area contributed by atoms with E-state index in [2.05, 4.69) is 14.8 Å². The zero-order valence-electron chi connectivity index (χ0n) is 17.2. The summed E-state index contributed by atoms with van der Waals surface area (Å²) in [5.41, 5.74) is 3.58. The van der Waals surface area contributed by atoms with Gasteiger partial charge in [0, 0.05) is 54.7 Å². The average Bonchev–Trinajstić information content (AvgIpc) is 3.41. The maximum absolute atomic E-state index is 9.58. The van der Waals surface area contributed by atoms with Crippen LogP contribution in [0.25, 0.3) is 21.6 Å². The molecule has 0 unspecified atom stereocenters. The van der Waals surface area contributed by atoms with E-state index in [0.29, 0.717) is 5.75 Å². The Hall–Kier alpha value is -3.19. The summed E-state index contributed by atoms with van der Waals surface area (Å²) in [4.78, 5) is 21.7. The Balaban J connectivity index is 1.37. The number of pyridine rings is 1. The van der Waals surface area contributed by atoms with Crippen molar-refractivity contribution in [3.8, 4) is 17.1 Å². The summed E-state index contributed by atoms with van der Waals surface area (Å²) in [6.07, 6.45) is 7.15. The number of aromatic hydroxyl groups is 1. The second-order valence-electron chi connectivity index (χ2n) is 8.14. The molecule has 4 heterocycles. The minimum atomic E-state index is 0.306. The van der Waals surface area contributed by atoms with E-state index in [9.17, 15) is 5.11 Å². The number of phenolic OH excluding ortho intramolecular Hbond substituents is 1. The van der Waals surface area contributed by atoms with Crippen LogP contribution in [0.4, 0.5) is 11.5 Å². The fourth-order valence-corrected chi connectivity index (χ4v) is 5.93. The van der Waals surface area contributed by atoms with E-state index >= 15 is 0 Å². The van der Waals surface area contributed by atoms with Gasteiger partial charge < -0.3 is 14.9 Å². The third kappa shape index (κ3) is 3.29. The summed E-state index contributed by atoms with van der Waals surface area (Å²) in [7, 11) is 0. The molecule has 2 aliphatic rings. The minimum Gasteiger partial charge on any atom is -0.508 e. The fourth-order valence-electron chi connectivity index (χ4n) is 4.67. The Morgan fingerprint density at radius 3 is 2.48 bits per heavy atom. The molecule has 0 spiro atoms. The molecule has 7 heteroatoms. The molecule has 1 aliphatic heterocycles. The first-order chi connectivity index (χ1) is 15.3. The molecule has 1 fully saturated rings. The third-order valence-electron chi connectivity index (χ3n) is 6.26. The topological polar surface area (TPSA) is 65.4 Å². The lowest BCUT2D eigenvalue weighted by molar-refractivity contribution is 0.475. The number of hydrogen-bond donors (Lipinski definition) is 1. The molecule has 156 valence electrons. The molecule has 1 aliphatic carbocycles. The highest BCUT2D eigenvalue weighted by molar-refractivity contribution is 7.19. The first-order valence-electron chi connectivity index (χ1n) is 10.8. The highest BCUT2D eigenvalue weighted by Gasteiger charge is 2.27. The van der Waals surface area contributed by atoms with E-state index in [-0.39, 0.29) is 0 Å². The maximum Gasteiger partial charge on any atom is 0.164 e. The van der Waals surface area contributed by atoms with E-state index in [1.165, 1.54) is 22.2 Å². The molecule has 0 amide bonds. The van der Waals surface area contributed by atoms with Crippen LogP contribution in [0.1, 0.15) is 16.9 Å². The molecule has 6 nitrogen and oxygen atoms in total. The van der Waals surface area contributed by atoms with Crippen LogP contribution >= 0.6 is 11.3 Å². The first kappa shape index (κ1) is 18.6. The van der Waals surface area contributed by atoms with Crippen LogP contribution in [0.2, 0.25) is 0 Å². The standard InChI is InChI=1S/C24H23N5OS/c30-18-8-6-17(7-9-18)28-11-13-29(14-12-28)23-21-19-4-1-5-20(19)31-24(21)27-22(26-23)16-3-2-10-25-15-16/h2-3,6-10,15,30H,1,4-5,11-14H2. The number of hydrogen-bond acceptors (Lipinski definition) is 7. The summed E-state index contributed by atoms with van der Waals surface area (Å²) >= 11 is 1.84. The van der Waals surface area contributed by atoms with Gasteiger partial charge in [0.15, 0.2) is 5.82 Å². The zero-order chi connectivity index (χ0) is 20.8. The van der Waals surface area contributed by atoms with E-state index in [1.807, 2.05) is 41.8 Å². The molecule has 1 aromatic carbocycles. The van der Waals surface area contributed by atoms with Gasteiger partial charge in [-0.2, -0.15) is 0 Å². The summed E-state index contributed by atoms with van der Waals surface area (Å²) in [6, 6.07) is 11.4. The lowest BCUT2D eigenvalue weighted by Crippen LogP contribution is -2.47. The van der Waals surface area contributed by atoms with Crippen molar-refractivity contribution >= 4 is 33.1 Å². The number of aryl methyl sites for hydroxylation is 2. The number of thiophene rings is 1. The molecule has 6 rings (SSSR count). The molecule has 31 heavy (non-hydrogen) atoms. The summed E-state index contributed by atoms with van der Waals surface area (Å²) in [5, 5.41) is 10.8. The van der Waals surface area contributed by atoms with Gasteiger partial charge in [-0.15, -0.1) is 11.3 Å². The number of piperazine rings is 1. The molecule has 0 atom stereocenters. The Morgan fingerprint density at radius 1 is 0.903 bits per heavy atom. The van der Waals surface area contributed by atoms with Crippen molar-refractivity contribution in [2.45, 2.75) is 19.3 Å². The monoisotopic (exact) mass is 429 g/mol. The Labute approximate surface area is 184 Å². The van der Waals surface area contributed by atoms with E-state index in [1.54, 1.807) is 18.3 Å². The Bertz CT molecular complexity index is 1230. The van der Waals surface area contributed by atoms with Crippen LogP contribution in [0.3, 0.4) is 0 Å². The van der Waals surface area contributed by atoms with E-state index < -0.39 is 0 Å². The molecule has 0 radical (unpaired) electrons. The van der Waals surface area contributed by atoms with E-state index in [0.717, 1.165) is 66.7 Å². The van der Waals surface area contributed by atoms with Gasteiger partial charge in [-0.3, -0.25) is 4.98 Å². The minimum absolute atomic E-state index is 0.306. The lowest BCUT2D eigenvalue weighted by atomic mass is 10.1. The van der Waals surface area contributed by atoms with Gasteiger partial charge in [-0.1, -0.05) is 0 Å². The van der Waals surface area contributed by atoms with E-state index in [4.69, 9.17) is 9.97 Å². The smallest absolute Gasteiger partial charge is 0.164 e. The second kappa shape index (κ2) is 7.50. The van der Waals surface area contributed by atoms with Crippen LogP contribution in [0, 0.1) is 0 Å². The third-order valence-corrected chi connectivity index (χ3v) is 7.45. The van der Waals surface area contributed by atoms with Crippen molar-refractivity contribution in [2.24, 2.45) is 0 Å². The molecule has 3 aromatic heterocycles. The summed E-state index contributed by atoms with van der Waals surface area (Å²) in [5.74, 6) is 2.14. The number of fused-ring (bicyclic) bond motifs is 3. The molecule has 1 N–H and O–H groups in total. The van der Waals surface area contributed by atoms with Crippen LogP contribution in [0.15, 0.2) is 48.8 Å². The van der Waals surface area contributed by atoms with Crippen molar-refractivity contribution in [3.05, 3.63) is 59.2 Å². The normalized spacial score (nSPS) is 16.1. The molecular weight excluding hydrogens is 406 g/mol. The summed E-state index contributed by atoms with van der Waals surface area (Å²) < 4.78 is 0. The van der Waals surface area contributed by atoms with Gasteiger partial charge in [0.05, 0.1) is 5.39 Å². The van der Waals surface area contributed by atoms with Gasteiger partial charge in [0.2, 0.25) is 0 Å². The van der Waals surface area contributed by atoms with Gasteiger partial charge in [-0.05, 0) is 61.2 Å². The fraction of sp³-hybridized carbons (Fsp3) is 0.292. The van der Waals surface area contributed by atoms with Crippen molar-refractivity contribution in [1.82, 2.24) is 15.0 Å². The highest BCUT2D eigenvalue weighted by Crippen LogP contribution is 2.41. The van der Waals surface area contributed by atoms with Crippen molar-refractivity contribution in [2.75, 3.05) is 36.0 Å².